The first-order valence-corrected chi connectivity index (χ1v) is 6.38. The first-order chi connectivity index (χ1) is 7.59. The van der Waals surface area contributed by atoms with Crippen molar-refractivity contribution in [2.75, 3.05) is 6.61 Å². The molecule has 0 aromatic carbocycles. The van der Waals surface area contributed by atoms with Gasteiger partial charge in [0.2, 0.25) is 0 Å². The highest BCUT2D eigenvalue weighted by molar-refractivity contribution is 14.1. The first-order valence-electron chi connectivity index (χ1n) is 5.30. The predicted octanol–water partition coefficient (Wildman–Crippen LogP) is 1.65. The number of aromatic nitrogens is 1. The second-order valence-electron chi connectivity index (χ2n) is 4.04. The highest BCUT2D eigenvalue weighted by atomic mass is 127. The molecule has 0 saturated carbocycles. The Morgan fingerprint density at radius 3 is 3.06 bits per heavy atom. The van der Waals surface area contributed by atoms with Crippen LogP contribution in [-0.4, -0.2) is 22.4 Å². The number of halogens is 1. The molecule has 1 aromatic heterocycles. The number of aromatic hydroxyl groups is 1. The van der Waals surface area contributed by atoms with E-state index >= 15 is 0 Å². The molecule has 0 amide bonds. The third-order valence-electron chi connectivity index (χ3n) is 2.84. The van der Waals surface area contributed by atoms with Crippen LogP contribution >= 0.6 is 22.6 Å². The van der Waals surface area contributed by atoms with Crippen LogP contribution in [0.2, 0.25) is 0 Å². The number of hydrogen-bond acceptors (Lipinski definition) is 3. The molecule has 4 nitrogen and oxygen atoms in total. The quantitative estimate of drug-likeness (QED) is 0.836. The lowest BCUT2D eigenvalue weighted by Crippen LogP contribution is -2.29. The van der Waals surface area contributed by atoms with Crippen LogP contribution < -0.4 is 5.56 Å². The van der Waals surface area contributed by atoms with Crippen molar-refractivity contribution in [3.05, 3.63) is 25.7 Å². The average Bonchev–Trinajstić information content (AvgIpc) is 2.74. The lowest BCUT2D eigenvalue weighted by molar-refractivity contribution is 0.0955. The molecule has 0 radical (unpaired) electrons. The standard InChI is InChI=1S/C11H14INO3/c1-7-5-9(14)10(12)11(15)13(7)6-8-3-2-4-16-8/h5,8,14H,2-4,6H2,1H3. The minimum atomic E-state index is -0.131. The second kappa shape index (κ2) is 4.75. The Balaban J connectivity index is 2.32. The van der Waals surface area contributed by atoms with E-state index in [0.717, 1.165) is 25.1 Å². The normalized spacial score (nSPS) is 20.2. The maximum atomic E-state index is 11.9. The fraction of sp³-hybridized carbons (Fsp3) is 0.545. The van der Waals surface area contributed by atoms with Crippen molar-refractivity contribution in [1.82, 2.24) is 4.57 Å². The lowest BCUT2D eigenvalue weighted by Gasteiger charge is -2.15. The number of pyridine rings is 1. The van der Waals surface area contributed by atoms with Crippen LogP contribution in [0.25, 0.3) is 0 Å². The largest absolute Gasteiger partial charge is 0.507 e. The zero-order valence-corrected chi connectivity index (χ0v) is 11.2. The van der Waals surface area contributed by atoms with Gasteiger partial charge < -0.3 is 14.4 Å². The van der Waals surface area contributed by atoms with Crippen LogP contribution in [0.4, 0.5) is 0 Å². The molecule has 2 heterocycles. The van der Waals surface area contributed by atoms with Crippen molar-refractivity contribution < 1.29 is 9.84 Å². The van der Waals surface area contributed by atoms with Crippen molar-refractivity contribution >= 4 is 22.6 Å². The van der Waals surface area contributed by atoms with Gasteiger partial charge in [-0.05, 0) is 42.4 Å². The summed E-state index contributed by atoms with van der Waals surface area (Å²) in [7, 11) is 0. The summed E-state index contributed by atoms with van der Waals surface area (Å²) in [6.07, 6.45) is 2.20. The van der Waals surface area contributed by atoms with Gasteiger partial charge in [-0.3, -0.25) is 4.79 Å². The van der Waals surface area contributed by atoms with Crippen molar-refractivity contribution in [1.29, 1.82) is 0 Å². The Bertz CT molecular complexity index is 449. The van der Waals surface area contributed by atoms with Crippen molar-refractivity contribution in [3.8, 4) is 5.75 Å². The Morgan fingerprint density at radius 2 is 2.44 bits per heavy atom. The molecule has 1 N–H and O–H groups in total. The fourth-order valence-electron chi connectivity index (χ4n) is 1.95. The number of nitrogens with zero attached hydrogens (tertiary/aromatic N) is 1. The van der Waals surface area contributed by atoms with Crippen LogP contribution in [0.5, 0.6) is 5.75 Å². The molecule has 0 spiro atoms. The number of ether oxygens (including phenoxy) is 1. The lowest BCUT2D eigenvalue weighted by atomic mass is 10.2. The van der Waals surface area contributed by atoms with Crippen molar-refractivity contribution in [3.63, 3.8) is 0 Å². The molecule has 2 rings (SSSR count). The van der Waals surface area contributed by atoms with Crippen LogP contribution in [0, 0.1) is 10.5 Å². The van der Waals surface area contributed by atoms with Gasteiger partial charge in [-0.1, -0.05) is 0 Å². The van der Waals surface area contributed by atoms with Gasteiger partial charge in [-0.15, -0.1) is 0 Å². The molecule has 1 aliphatic heterocycles. The molecule has 0 bridgehead atoms. The molecule has 5 heteroatoms. The predicted molar refractivity (Wildman–Crippen MR) is 68.8 cm³/mol. The van der Waals surface area contributed by atoms with E-state index in [-0.39, 0.29) is 17.4 Å². The van der Waals surface area contributed by atoms with Crippen molar-refractivity contribution in [2.24, 2.45) is 0 Å². The van der Waals surface area contributed by atoms with E-state index < -0.39 is 0 Å². The van der Waals surface area contributed by atoms with Gasteiger partial charge in [-0.25, -0.2) is 0 Å². The summed E-state index contributed by atoms with van der Waals surface area (Å²) in [5, 5.41) is 9.51. The molecule has 1 aliphatic rings. The topological polar surface area (TPSA) is 51.5 Å². The number of aryl methyl sites for hydroxylation is 1. The Morgan fingerprint density at radius 1 is 1.69 bits per heavy atom. The van der Waals surface area contributed by atoms with Gasteiger partial charge in [0.25, 0.3) is 5.56 Å². The van der Waals surface area contributed by atoms with E-state index in [1.807, 2.05) is 29.5 Å². The van der Waals surface area contributed by atoms with Gasteiger partial charge in [0, 0.05) is 18.4 Å². The van der Waals surface area contributed by atoms with Gasteiger partial charge >= 0.3 is 0 Å². The minimum absolute atomic E-state index is 0.0618. The van der Waals surface area contributed by atoms with E-state index in [1.165, 1.54) is 0 Å². The molecule has 1 atom stereocenters. The van der Waals surface area contributed by atoms with E-state index in [0.29, 0.717) is 10.1 Å². The summed E-state index contributed by atoms with van der Waals surface area (Å²) in [6.45, 7) is 3.20. The summed E-state index contributed by atoms with van der Waals surface area (Å²) in [4.78, 5) is 11.9. The van der Waals surface area contributed by atoms with E-state index in [2.05, 4.69) is 0 Å². The van der Waals surface area contributed by atoms with Crippen LogP contribution in [-0.2, 0) is 11.3 Å². The molecule has 1 fully saturated rings. The van der Waals surface area contributed by atoms with Crippen LogP contribution in [0.3, 0.4) is 0 Å². The monoisotopic (exact) mass is 335 g/mol. The molecule has 1 aromatic rings. The van der Waals surface area contributed by atoms with E-state index in [9.17, 15) is 9.90 Å². The molecular weight excluding hydrogens is 321 g/mol. The maximum absolute atomic E-state index is 11.9. The summed E-state index contributed by atoms with van der Waals surface area (Å²) in [6, 6.07) is 1.62. The Kier molecular flexibility index (Phi) is 3.53. The summed E-state index contributed by atoms with van der Waals surface area (Å²) >= 11 is 1.87. The second-order valence-corrected chi connectivity index (χ2v) is 5.11. The summed E-state index contributed by atoms with van der Waals surface area (Å²) in [5.41, 5.74) is 0.645. The third kappa shape index (κ3) is 2.24. The van der Waals surface area contributed by atoms with Crippen molar-refractivity contribution in [2.45, 2.75) is 32.4 Å². The minimum Gasteiger partial charge on any atom is -0.507 e. The smallest absolute Gasteiger partial charge is 0.268 e. The first kappa shape index (κ1) is 11.9. The SMILES string of the molecule is Cc1cc(O)c(I)c(=O)n1CC1CCCO1. The molecule has 1 unspecified atom stereocenters. The highest BCUT2D eigenvalue weighted by Gasteiger charge is 2.18. The zero-order valence-electron chi connectivity index (χ0n) is 9.07. The number of hydrogen-bond donors (Lipinski definition) is 1. The Hall–Kier alpha value is -0.560. The van der Waals surface area contributed by atoms with E-state index in [1.54, 1.807) is 10.6 Å². The zero-order chi connectivity index (χ0) is 11.7. The van der Waals surface area contributed by atoms with Gasteiger partial charge in [0.15, 0.2) is 0 Å². The van der Waals surface area contributed by atoms with Gasteiger partial charge in [-0.2, -0.15) is 0 Å². The van der Waals surface area contributed by atoms with Crippen LogP contribution in [0.1, 0.15) is 18.5 Å². The third-order valence-corrected chi connectivity index (χ3v) is 3.85. The highest BCUT2D eigenvalue weighted by Crippen LogP contribution is 2.19. The van der Waals surface area contributed by atoms with Gasteiger partial charge in [0.05, 0.1) is 12.6 Å². The maximum Gasteiger partial charge on any atom is 0.268 e. The molecular formula is C11H14INO3. The van der Waals surface area contributed by atoms with Crippen LogP contribution in [0.15, 0.2) is 10.9 Å². The van der Waals surface area contributed by atoms with Gasteiger partial charge in [0.1, 0.15) is 9.32 Å². The Labute approximate surface area is 107 Å². The molecule has 0 aliphatic carbocycles. The number of rotatable bonds is 2. The summed E-state index contributed by atoms with van der Waals surface area (Å²) < 4.78 is 7.57. The fourth-order valence-corrected chi connectivity index (χ4v) is 2.39. The van der Waals surface area contributed by atoms with E-state index in [4.69, 9.17) is 4.74 Å². The molecule has 1 saturated heterocycles. The average molecular weight is 335 g/mol. The molecule has 16 heavy (non-hydrogen) atoms. The molecule has 88 valence electrons. The summed E-state index contributed by atoms with van der Waals surface area (Å²) in [5.74, 6) is 0.0618.